The Bertz CT molecular complexity index is 799. The zero-order valence-corrected chi connectivity index (χ0v) is 13.7. The molecule has 0 heterocycles. The molecule has 0 aliphatic rings. The number of nitrogens with one attached hydrogen (secondary N) is 1. The van der Waals surface area contributed by atoms with Crippen molar-refractivity contribution in [3.63, 3.8) is 0 Å². The van der Waals surface area contributed by atoms with Gasteiger partial charge in [-0.25, -0.2) is 8.78 Å². The molecule has 0 saturated heterocycles. The molecule has 8 heteroatoms. The van der Waals surface area contributed by atoms with E-state index >= 15 is 0 Å². The number of thioether (sulfide) groups is 1. The number of halogens is 2. The van der Waals surface area contributed by atoms with Crippen molar-refractivity contribution in [2.24, 2.45) is 0 Å². The Balaban J connectivity index is 2.23. The van der Waals surface area contributed by atoms with Crippen LogP contribution in [0.25, 0.3) is 0 Å². The van der Waals surface area contributed by atoms with Crippen LogP contribution in [0.3, 0.4) is 0 Å². The summed E-state index contributed by atoms with van der Waals surface area (Å²) in [5, 5.41) is 13.6. The lowest BCUT2D eigenvalue weighted by atomic mass is 10.1. The first kappa shape index (κ1) is 17.9. The molecule has 1 unspecified atom stereocenters. The largest absolute Gasteiger partial charge is 0.345 e. The predicted octanol–water partition coefficient (Wildman–Crippen LogP) is 4.09. The van der Waals surface area contributed by atoms with Crippen LogP contribution in [0, 0.1) is 21.7 Å². The van der Waals surface area contributed by atoms with Crippen LogP contribution in [0.15, 0.2) is 41.3 Å². The summed E-state index contributed by atoms with van der Waals surface area (Å²) in [6.07, 6.45) is 1.70. The third-order valence-corrected chi connectivity index (χ3v) is 4.20. The van der Waals surface area contributed by atoms with Gasteiger partial charge in [0.05, 0.1) is 15.9 Å². The Morgan fingerprint density at radius 1 is 1.25 bits per heavy atom. The lowest BCUT2D eigenvalue weighted by Crippen LogP contribution is -2.27. The van der Waals surface area contributed by atoms with E-state index in [1.54, 1.807) is 13.2 Å². The van der Waals surface area contributed by atoms with Gasteiger partial charge in [-0.1, -0.05) is 6.07 Å². The summed E-state index contributed by atoms with van der Waals surface area (Å²) in [5.41, 5.74) is 0.0459. The van der Waals surface area contributed by atoms with Gasteiger partial charge in [-0.2, -0.15) is 0 Å². The van der Waals surface area contributed by atoms with Gasteiger partial charge in [-0.15, -0.1) is 11.8 Å². The highest BCUT2D eigenvalue weighted by Gasteiger charge is 2.19. The summed E-state index contributed by atoms with van der Waals surface area (Å²) in [7, 11) is 0. The van der Waals surface area contributed by atoms with Crippen LogP contribution in [-0.4, -0.2) is 17.1 Å². The summed E-state index contributed by atoms with van der Waals surface area (Å²) < 4.78 is 26.7. The van der Waals surface area contributed by atoms with E-state index in [1.807, 2.05) is 0 Å². The number of amides is 1. The SMILES string of the molecule is CSc1ccc(C(=O)NC(C)c2ccc(F)cc2F)cc1[N+](=O)[O-]. The van der Waals surface area contributed by atoms with Gasteiger partial charge in [-0.3, -0.25) is 14.9 Å². The van der Waals surface area contributed by atoms with Gasteiger partial charge in [0.25, 0.3) is 11.6 Å². The van der Waals surface area contributed by atoms with E-state index in [-0.39, 0.29) is 16.8 Å². The minimum atomic E-state index is -0.772. The molecular weight excluding hydrogens is 338 g/mol. The molecule has 0 aliphatic heterocycles. The zero-order valence-electron chi connectivity index (χ0n) is 12.9. The number of nitrogens with zero attached hydrogens (tertiary/aromatic N) is 1. The second-order valence-corrected chi connectivity index (χ2v) is 5.85. The number of hydrogen-bond donors (Lipinski definition) is 1. The number of nitro benzene ring substituents is 1. The Morgan fingerprint density at radius 2 is 1.96 bits per heavy atom. The van der Waals surface area contributed by atoms with Gasteiger partial charge >= 0.3 is 0 Å². The fourth-order valence-corrected chi connectivity index (χ4v) is 2.73. The minimum absolute atomic E-state index is 0.0915. The number of nitro groups is 1. The molecule has 1 amide bonds. The van der Waals surface area contributed by atoms with Gasteiger partial charge in [0.15, 0.2) is 0 Å². The molecular formula is C16H14F2N2O3S. The monoisotopic (exact) mass is 352 g/mol. The van der Waals surface area contributed by atoms with E-state index in [4.69, 9.17) is 0 Å². The molecule has 0 fully saturated rings. The fraction of sp³-hybridized carbons (Fsp3) is 0.188. The van der Waals surface area contributed by atoms with Crippen LogP contribution >= 0.6 is 11.8 Å². The maximum atomic E-state index is 13.7. The Morgan fingerprint density at radius 3 is 2.54 bits per heavy atom. The molecule has 0 bridgehead atoms. The maximum Gasteiger partial charge on any atom is 0.283 e. The molecule has 0 saturated carbocycles. The van der Waals surface area contributed by atoms with Crippen molar-refractivity contribution in [2.75, 3.05) is 6.26 Å². The Hall–Kier alpha value is -2.48. The Labute approximate surface area is 141 Å². The smallest absolute Gasteiger partial charge is 0.283 e. The van der Waals surface area contributed by atoms with Gasteiger partial charge in [0.1, 0.15) is 11.6 Å². The summed E-state index contributed by atoms with van der Waals surface area (Å²) in [4.78, 5) is 23.2. The molecule has 24 heavy (non-hydrogen) atoms. The first-order chi connectivity index (χ1) is 11.3. The first-order valence-corrected chi connectivity index (χ1v) is 8.14. The summed E-state index contributed by atoms with van der Waals surface area (Å²) in [6.45, 7) is 1.54. The van der Waals surface area contributed by atoms with Crippen molar-refractivity contribution in [3.05, 3.63) is 69.3 Å². The van der Waals surface area contributed by atoms with E-state index in [0.29, 0.717) is 4.90 Å². The molecule has 1 atom stereocenters. The van der Waals surface area contributed by atoms with Crippen molar-refractivity contribution < 1.29 is 18.5 Å². The van der Waals surface area contributed by atoms with Gasteiger partial charge in [0, 0.05) is 23.3 Å². The van der Waals surface area contributed by atoms with Gasteiger partial charge in [-0.05, 0) is 31.4 Å². The van der Waals surface area contributed by atoms with Crippen molar-refractivity contribution in [3.8, 4) is 0 Å². The predicted molar refractivity (Wildman–Crippen MR) is 87.1 cm³/mol. The van der Waals surface area contributed by atoms with Crippen LogP contribution in [0.1, 0.15) is 28.9 Å². The average molecular weight is 352 g/mol. The molecule has 0 aromatic heterocycles. The molecule has 1 N–H and O–H groups in total. The lowest BCUT2D eigenvalue weighted by molar-refractivity contribution is -0.387. The molecule has 0 spiro atoms. The van der Waals surface area contributed by atoms with Crippen LogP contribution in [-0.2, 0) is 0 Å². The lowest BCUT2D eigenvalue weighted by Gasteiger charge is -2.15. The van der Waals surface area contributed by atoms with E-state index in [1.165, 1.54) is 36.0 Å². The van der Waals surface area contributed by atoms with Crippen LogP contribution in [0.5, 0.6) is 0 Å². The number of carbonyl (C=O) groups excluding carboxylic acids is 1. The zero-order chi connectivity index (χ0) is 17.9. The topological polar surface area (TPSA) is 72.2 Å². The molecule has 2 aromatic carbocycles. The van der Waals surface area contributed by atoms with E-state index < -0.39 is 28.5 Å². The first-order valence-electron chi connectivity index (χ1n) is 6.91. The van der Waals surface area contributed by atoms with Gasteiger partial charge < -0.3 is 5.32 Å². The average Bonchev–Trinajstić information content (AvgIpc) is 2.53. The van der Waals surface area contributed by atoms with E-state index in [0.717, 1.165) is 12.1 Å². The van der Waals surface area contributed by atoms with Crippen molar-refractivity contribution in [1.82, 2.24) is 5.32 Å². The highest BCUT2D eigenvalue weighted by Crippen LogP contribution is 2.28. The van der Waals surface area contributed by atoms with Crippen LogP contribution in [0.4, 0.5) is 14.5 Å². The second kappa shape index (κ2) is 7.39. The molecule has 126 valence electrons. The quantitative estimate of drug-likeness (QED) is 0.500. The van der Waals surface area contributed by atoms with Crippen molar-refractivity contribution in [2.45, 2.75) is 17.9 Å². The standard InChI is InChI=1S/C16H14F2N2O3S/c1-9(12-5-4-11(17)8-13(12)18)19-16(21)10-3-6-15(24-2)14(7-10)20(22)23/h3-9H,1-2H3,(H,19,21). The minimum Gasteiger partial charge on any atom is -0.345 e. The molecule has 2 rings (SSSR count). The maximum absolute atomic E-state index is 13.7. The highest BCUT2D eigenvalue weighted by molar-refractivity contribution is 7.98. The normalized spacial score (nSPS) is 11.8. The van der Waals surface area contributed by atoms with Crippen molar-refractivity contribution in [1.29, 1.82) is 0 Å². The molecule has 2 aromatic rings. The number of rotatable bonds is 5. The summed E-state index contributed by atoms with van der Waals surface area (Å²) in [6, 6.07) is 6.47. The number of hydrogen-bond acceptors (Lipinski definition) is 4. The molecule has 0 radical (unpaired) electrons. The third-order valence-electron chi connectivity index (χ3n) is 3.41. The summed E-state index contributed by atoms with van der Waals surface area (Å²) in [5.74, 6) is -2.06. The summed E-state index contributed by atoms with van der Waals surface area (Å²) >= 11 is 1.20. The highest BCUT2D eigenvalue weighted by atomic mass is 32.2. The molecule has 0 aliphatic carbocycles. The van der Waals surface area contributed by atoms with Crippen LogP contribution < -0.4 is 5.32 Å². The van der Waals surface area contributed by atoms with Crippen molar-refractivity contribution >= 4 is 23.4 Å². The molecule has 5 nitrogen and oxygen atoms in total. The Kier molecular flexibility index (Phi) is 5.50. The van der Waals surface area contributed by atoms with E-state index in [9.17, 15) is 23.7 Å². The van der Waals surface area contributed by atoms with Crippen LogP contribution in [0.2, 0.25) is 0 Å². The number of carbonyl (C=O) groups is 1. The van der Waals surface area contributed by atoms with Gasteiger partial charge in [0.2, 0.25) is 0 Å². The van der Waals surface area contributed by atoms with E-state index in [2.05, 4.69) is 5.32 Å². The second-order valence-electron chi connectivity index (χ2n) is 5.00. The third kappa shape index (κ3) is 3.88. The fourth-order valence-electron chi connectivity index (χ4n) is 2.18. The number of benzene rings is 2.